The summed E-state index contributed by atoms with van der Waals surface area (Å²) in [5, 5.41) is 0.618. The minimum absolute atomic E-state index is 0.150. The Hall–Kier alpha value is -0.0200. The SMILES string of the molecule is CCCCCCCCCCCCCCCC(CC)SC(=O)[C@H](C)N. The first-order chi connectivity index (χ1) is 11.6. The number of carbonyl (C=O) groups is 1. The number of hydrogen-bond acceptors (Lipinski definition) is 3. The first kappa shape index (κ1) is 24.0. The molecule has 0 heterocycles. The third-order valence-corrected chi connectivity index (χ3v) is 6.25. The van der Waals surface area contributed by atoms with E-state index in [0.29, 0.717) is 5.25 Å². The van der Waals surface area contributed by atoms with Gasteiger partial charge in [-0.15, -0.1) is 0 Å². The van der Waals surface area contributed by atoms with Gasteiger partial charge in [0.15, 0.2) is 0 Å². The lowest BCUT2D eigenvalue weighted by Crippen LogP contribution is -2.25. The second-order valence-corrected chi connectivity index (χ2v) is 8.59. The Balaban J connectivity index is 3.33. The van der Waals surface area contributed by atoms with Crippen molar-refractivity contribution in [2.75, 3.05) is 0 Å². The van der Waals surface area contributed by atoms with Gasteiger partial charge in [0.1, 0.15) is 0 Å². The summed E-state index contributed by atoms with van der Waals surface area (Å²) in [6.07, 6.45) is 20.3. The number of carbonyl (C=O) groups excluding carboxylic acids is 1. The molecule has 2 atom stereocenters. The number of hydrogen-bond donors (Lipinski definition) is 1. The average Bonchev–Trinajstić information content (AvgIpc) is 2.57. The number of nitrogens with two attached hydrogens (primary N) is 1. The van der Waals surface area contributed by atoms with Gasteiger partial charge in [0.2, 0.25) is 5.12 Å². The zero-order chi connectivity index (χ0) is 18.0. The molecule has 0 bridgehead atoms. The standard InChI is InChI=1S/C21H43NOS/c1-4-6-7-8-9-10-11-12-13-14-15-16-17-18-20(5-2)24-21(23)19(3)22/h19-20H,4-18,22H2,1-3H3/t19-,20?/m0/s1. The van der Waals surface area contributed by atoms with E-state index in [1.807, 2.05) is 0 Å². The molecule has 0 aliphatic carbocycles. The molecular formula is C21H43NOS. The minimum atomic E-state index is -0.323. The summed E-state index contributed by atoms with van der Waals surface area (Å²) in [6.45, 7) is 6.24. The average molecular weight is 358 g/mol. The lowest BCUT2D eigenvalue weighted by atomic mass is 10.0. The molecule has 0 aliphatic rings. The maximum absolute atomic E-state index is 11.7. The van der Waals surface area contributed by atoms with Crippen LogP contribution in [0.25, 0.3) is 0 Å². The van der Waals surface area contributed by atoms with Crippen LogP contribution in [0.15, 0.2) is 0 Å². The quantitative estimate of drug-likeness (QED) is 0.289. The van der Waals surface area contributed by atoms with Crippen LogP contribution < -0.4 is 5.73 Å². The fourth-order valence-electron chi connectivity index (χ4n) is 3.01. The number of thioether (sulfide) groups is 1. The summed E-state index contributed by atoms with van der Waals surface area (Å²) in [7, 11) is 0. The highest BCUT2D eigenvalue weighted by Crippen LogP contribution is 2.23. The molecule has 24 heavy (non-hydrogen) atoms. The monoisotopic (exact) mass is 357 g/mol. The zero-order valence-corrected chi connectivity index (χ0v) is 17.5. The smallest absolute Gasteiger partial charge is 0.205 e. The zero-order valence-electron chi connectivity index (χ0n) is 16.7. The topological polar surface area (TPSA) is 43.1 Å². The molecule has 0 fully saturated rings. The van der Waals surface area contributed by atoms with Crippen molar-refractivity contribution in [3.8, 4) is 0 Å². The lowest BCUT2D eigenvalue weighted by Gasteiger charge is -2.14. The largest absolute Gasteiger partial charge is 0.321 e. The Kier molecular flexibility index (Phi) is 17.8. The highest BCUT2D eigenvalue weighted by atomic mass is 32.2. The first-order valence-electron chi connectivity index (χ1n) is 10.6. The Morgan fingerprint density at radius 3 is 1.58 bits per heavy atom. The molecular weight excluding hydrogens is 314 g/mol. The van der Waals surface area contributed by atoms with Gasteiger partial charge >= 0.3 is 0 Å². The first-order valence-corrected chi connectivity index (χ1v) is 11.5. The fraction of sp³-hybridized carbons (Fsp3) is 0.952. The van der Waals surface area contributed by atoms with Crippen LogP contribution in [-0.2, 0) is 4.79 Å². The highest BCUT2D eigenvalue weighted by Gasteiger charge is 2.15. The lowest BCUT2D eigenvalue weighted by molar-refractivity contribution is -0.111. The van der Waals surface area contributed by atoms with Gasteiger partial charge in [-0.2, -0.15) is 0 Å². The van der Waals surface area contributed by atoms with Crippen LogP contribution in [-0.4, -0.2) is 16.4 Å². The third kappa shape index (κ3) is 15.5. The summed E-state index contributed by atoms with van der Waals surface area (Å²) in [5.74, 6) is 0. The minimum Gasteiger partial charge on any atom is -0.321 e. The van der Waals surface area contributed by atoms with E-state index in [1.54, 1.807) is 6.92 Å². The molecule has 144 valence electrons. The molecule has 0 spiro atoms. The molecule has 0 aromatic heterocycles. The van der Waals surface area contributed by atoms with E-state index in [4.69, 9.17) is 5.73 Å². The number of unbranched alkanes of at least 4 members (excludes halogenated alkanes) is 12. The van der Waals surface area contributed by atoms with Gasteiger partial charge in [0.25, 0.3) is 0 Å². The highest BCUT2D eigenvalue weighted by molar-refractivity contribution is 8.14. The molecule has 0 rings (SSSR count). The molecule has 0 aromatic rings. The van der Waals surface area contributed by atoms with Crippen molar-refractivity contribution in [1.29, 1.82) is 0 Å². The second-order valence-electron chi connectivity index (χ2n) is 7.29. The van der Waals surface area contributed by atoms with Crippen LogP contribution in [0.3, 0.4) is 0 Å². The van der Waals surface area contributed by atoms with Crippen molar-refractivity contribution in [2.24, 2.45) is 5.73 Å². The van der Waals surface area contributed by atoms with Crippen LogP contribution in [0.1, 0.15) is 117 Å². The van der Waals surface area contributed by atoms with E-state index >= 15 is 0 Å². The summed E-state index contributed by atoms with van der Waals surface area (Å²) in [5.41, 5.74) is 5.64. The fourth-order valence-corrected chi connectivity index (χ4v) is 4.00. The second kappa shape index (κ2) is 17.8. The molecule has 0 aromatic carbocycles. The molecule has 0 aliphatic heterocycles. The molecule has 0 saturated heterocycles. The van der Waals surface area contributed by atoms with E-state index in [0.717, 1.165) is 12.8 Å². The van der Waals surface area contributed by atoms with Crippen molar-refractivity contribution in [1.82, 2.24) is 0 Å². The van der Waals surface area contributed by atoms with Gasteiger partial charge in [0.05, 0.1) is 6.04 Å². The molecule has 0 saturated carbocycles. The maximum atomic E-state index is 11.7. The van der Waals surface area contributed by atoms with Gasteiger partial charge in [-0.3, -0.25) is 4.79 Å². The predicted molar refractivity (Wildman–Crippen MR) is 111 cm³/mol. The summed E-state index contributed by atoms with van der Waals surface area (Å²) < 4.78 is 0. The third-order valence-electron chi connectivity index (χ3n) is 4.74. The van der Waals surface area contributed by atoms with Gasteiger partial charge in [-0.05, 0) is 19.8 Å². The van der Waals surface area contributed by atoms with Crippen molar-refractivity contribution in [3.05, 3.63) is 0 Å². The van der Waals surface area contributed by atoms with Crippen molar-refractivity contribution in [3.63, 3.8) is 0 Å². The summed E-state index contributed by atoms with van der Waals surface area (Å²) >= 11 is 1.47. The van der Waals surface area contributed by atoms with E-state index in [1.165, 1.54) is 95.2 Å². The summed E-state index contributed by atoms with van der Waals surface area (Å²) in [6, 6.07) is -0.323. The Morgan fingerprint density at radius 2 is 1.21 bits per heavy atom. The van der Waals surface area contributed by atoms with Crippen LogP contribution >= 0.6 is 11.8 Å². The Bertz CT molecular complexity index is 281. The van der Waals surface area contributed by atoms with E-state index in [9.17, 15) is 4.79 Å². The predicted octanol–water partition coefficient (Wildman–Crippen LogP) is 6.85. The van der Waals surface area contributed by atoms with Gasteiger partial charge in [-0.1, -0.05) is 109 Å². The van der Waals surface area contributed by atoms with E-state index in [2.05, 4.69) is 13.8 Å². The molecule has 0 radical (unpaired) electrons. The van der Waals surface area contributed by atoms with Crippen LogP contribution in [0.2, 0.25) is 0 Å². The Labute approximate surface area is 156 Å². The van der Waals surface area contributed by atoms with Crippen molar-refractivity contribution in [2.45, 2.75) is 128 Å². The molecule has 2 nitrogen and oxygen atoms in total. The maximum Gasteiger partial charge on any atom is 0.205 e. The molecule has 0 amide bonds. The van der Waals surface area contributed by atoms with Gasteiger partial charge < -0.3 is 5.73 Å². The van der Waals surface area contributed by atoms with Crippen LogP contribution in [0, 0.1) is 0 Å². The van der Waals surface area contributed by atoms with Crippen LogP contribution in [0.5, 0.6) is 0 Å². The summed E-state index contributed by atoms with van der Waals surface area (Å²) in [4.78, 5) is 11.7. The normalized spacial score (nSPS) is 13.8. The molecule has 1 unspecified atom stereocenters. The molecule has 2 N–H and O–H groups in total. The van der Waals surface area contributed by atoms with E-state index in [-0.39, 0.29) is 11.2 Å². The molecule has 3 heteroatoms. The van der Waals surface area contributed by atoms with E-state index < -0.39 is 0 Å². The van der Waals surface area contributed by atoms with Gasteiger partial charge in [-0.25, -0.2) is 0 Å². The number of rotatable bonds is 17. The van der Waals surface area contributed by atoms with Crippen molar-refractivity contribution < 1.29 is 4.79 Å². The van der Waals surface area contributed by atoms with Crippen LogP contribution in [0.4, 0.5) is 0 Å². The Morgan fingerprint density at radius 1 is 0.792 bits per heavy atom. The van der Waals surface area contributed by atoms with Gasteiger partial charge in [0, 0.05) is 5.25 Å². The van der Waals surface area contributed by atoms with Crippen molar-refractivity contribution >= 4 is 16.9 Å².